The first-order chi connectivity index (χ1) is 16.5. The van der Waals surface area contributed by atoms with Gasteiger partial charge < -0.3 is 19.4 Å². The number of carbonyl (C=O) groups excluding carboxylic acids is 1. The lowest BCUT2D eigenvalue weighted by Crippen LogP contribution is -2.29. The summed E-state index contributed by atoms with van der Waals surface area (Å²) in [7, 11) is 1.37. The van der Waals surface area contributed by atoms with E-state index in [1.54, 1.807) is 24.4 Å². The lowest BCUT2D eigenvalue weighted by atomic mass is 10.0. The van der Waals surface area contributed by atoms with Gasteiger partial charge in [0.1, 0.15) is 17.6 Å². The van der Waals surface area contributed by atoms with Crippen LogP contribution in [0.3, 0.4) is 0 Å². The van der Waals surface area contributed by atoms with E-state index in [1.165, 1.54) is 7.11 Å². The third-order valence-corrected chi connectivity index (χ3v) is 6.53. The van der Waals surface area contributed by atoms with Crippen LogP contribution in [0.2, 0.25) is 0 Å². The van der Waals surface area contributed by atoms with Crippen molar-refractivity contribution in [3.05, 3.63) is 107 Å². The van der Waals surface area contributed by atoms with Crippen molar-refractivity contribution >= 4 is 44.9 Å². The Morgan fingerprint density at radius 1 is 1.09 bits per heavy atom. The van der Waals surface area contributed by atoms with E-state index in [2.05, 4.69) is 31.1 Å². The number of esters is 1. The fourth-order valence-electron chi connectivity index (χ4n) is 4.11. The summed E-state index contributed by atoms with van der Waals surface area (Å²) in [6.45, 7) is 0. The fraction of sp³-hybridized carbons (Fsp3) is 0.115. The molecule has 8 heteroatoms. The van der Waals surface area contributed by atoms with Gasteiger partial charge in [-0.2, -0.15) is 0 Å². The molecule has 0 radical (unpaired) electrons. The first kappa shape index (κ1) is 22.3. The molecule has 5 rings (SSSR count). The Morgan fingerprint density at radius 2 is 1.91 bits per heavy atom. The average Bonchev–Trinajstić information content (AvgIpc) is 3.49. The number of anilines is 1. The standard InChI is InChI=1S/C26H20BrN3O3S/c1-32-25(31)17-6-4-5-16(15-17)21-12-13-22(33-21)24-23(20-7-2-3-14-28-20)29-26(34)30(24)19-10-8-18(27)9-11-19/h2-15,23-24H,1H3,(H,29,34)/t23-,24-/m0/s1. The molecule has 0 bridgehead atoms. The second-order valence-corrected chi connectivity index (χ2v) is 9.05. The molecule has 0 aliphatic carbocycles. The third kappa shape index (κ3) is 4.22. The number of hydrogen-bond acceptors (Lipinski definition) is 5. The summed E-state index contributed by atoms with van der Waals surface area (Å²) in [5, 5.41) is 4.02. The van der Waals surface area contributed by atoms with Crippen LogP contribution >= 0.6 is 28.1 Å². The minimum Gasteiger partial charge on any atom is -0.465 e. The quantitative estimate of drug-likeness (QED) is 0.246. The number of rotatable bonds is 5. The summed E-state index contributed by atoms with van der Waals surface area (Å²) >= 11 is 9.25. The highest BCUT2D eigenvalue weighted by Crippen LogP contribution is 2.43. The Kier molecular flexibility index (Phi) is 6.17. The van der Waals surface area contributed by atoms with Crippen LogP contribution < -0.4 is 10.2 Å². The Balaban J connectivity index is 1.57. The molecule has 1 aliphatic rings. The van der Waals surface area contributed by atoms with E-state index in [0.29, 0.717) is 16.4 Å². The average molecular weight is 534 g/mol. The van der Waals surface area contributed by atoms with Crippen molar-refractivity contribution in [1.29, 1.82) is 0 Å². The van der Waals surface area contributed by atoms with Crippen molar-refractivity contribution in [2.24, 2.45) is 0 Å². The number of carbonyl (C=O) groups is 1. The Labute approximate surface area is 210 Å². The largest absolute Gasteiger partial charge is 0.465 e. The van der Waals surface area contributed by atoms with Gasteiger partial charge in [0, 0.05) is 21.9 Å². The number of pyridine rings is 1. The molecule has 1 aliphatic heterocycles. The number of benzene rings is 2. The molecule has 1 N–H and O–H groups in total. The molecule has 0 amide bonds. The molecule has 2 aromatic heterocycles. The van der Waals surface area contributed by atoms with Crippen molar-refractivity contribution in [3.63, 3.8) is 0 Å². The van der Waals surface area contributed by atoms with Crippen molar-refractivity contribution in [2.45, 2.75) is 12.1 Å². The van der Waals surface area contributed by atoms with Crippen molar-refractivity contribution in [1.82, 2.24) is 10.3 Å². The molecule has 34 heavy (non-hydrogen) atoms. The molecule has 0 unspecified atom stereocenters. The first-order valence-corrected chi connectivity index (χ1v) is 11.8. The monoisotopic (exact) mass is 533 g/mol. The van der Waals surface area contributed by atoms with Gasteiger partial charge in [-0.05, 0) is 72.9 Å². The van der Waals surface area contributed by atoms with Crippen LogP contribution in [0.25, 0.3) is 11.3 Å². The summed E-state index contributed by atoms with van der Waals surface area (Å²) in [6.07, 6.45) is 1.77. The predicted molar refractivity (Wildman–Crippen MR) is 138 cm³/mol. The highest BCUT2D eigenvalue weighted by atomic mass is 79.9. The van der Waals surface area contributed by atoms with Crippen molar-refractivity contribution in [3.8, 4) is 11.3 Å². The molecule has 1 saturated heterocycles. The maximum atomic E-state index is 12.0. The van der Waals surface area contributed by atoms with Gasteiger partial charge in [0.05, 0.1) is 24.4 Å². The van der Waals surface area contributed by atoms with Crippen LogP contribution in [0.1, 0.15) is 33.9 Å². The summed E-state index contributed by atoms with van der Waals surface area (Å²) in [5.41, 5.74) is 3.05. The van der Waals surface area contributed by atoms with Crippen LogP contribution in [-0.2, 0) is 4.74 Å². The Morgan fingerprint density at radius 3 is 2.65 bits per heavy atom. The summed E-state index contributed by atoms with van der Waals surface area (Å²) in [6, 6.07) is 24.4. The molecule has 0 saturated carbocycles. The molecule has 4 aromatic rings. The van der Waals surface area contributed by atoms with E-state index < -0.39 is 5.97 Å². The fourth-order valence-corrected chi connectivity index (χ4v) is 4.72. The van der Waals surface area contributed by atoms with Gasteiger partial charge in [-0.25, -0.2) is 4.79 Å². The number of hydrogen-bond donors (Lipinski definition) is 1. The topological polar surface area (TPSA) is 67.6 Å². The number of thiocarbonyl (C=S) groups is 1. The molecule has 6 nitrogen and oxygen atoms in total. The zero-order chi connectivity index (χ0) is 23.7. The minimum atomic E-state index is -0.393. The smallest absolute Gasteiger partial charge is 0.337 e. The van der Waals surface area contributed by atoms with E-state index >= 15 is 0 Å². The Bertz CT molecular complexity index is 1340. The first-order valence-electron chi connectivity index (χ1n) is 10.6. The van der Waals surface area contributed by atoms with Crippen molar-refractivity contribution < 1.29 is 13.9 Å². The van der Waals surface area contributed by atoms with Crippen LogP contribution in [0.5, 0.6) is 0 Å². The van der Waals surface area contributed by atoms with E-state index in [9.17, 15) is 4.79 Å². The van der Waals surface area contributed by atoms with Gasteiger partial charge in [-0.15, -0.1) is 0 Å². The van der Waals surface area contributed by atoms with Gasteiger partial charge in [0.15, 0.2) is 5.11 Å². The molecular formula is C26H20BrN3O3S. The number of ether oxygens (including phenoxy) is 1. The maximum absolute atomic E-state index is 12.0. The molecule has 2 atom stereocenters. The summed E-state index contributed by atoms with van der Waals surface area (Å²) in [4.78, 5) is 18.6. The van der Waals surface area contributed by atoms with Gasteiger partial charge in [0.2, 0.25) is 0 Å². The van der Waals surface area contributed by atoms with E-state index in [4.69, 9.17) is 21.4 Å². The zero-order valence-corrected chi connectivity index (χ0v) is 20.5. The van der Waals surface area contributed by atoms with Crippen molar-refractivity contribution in [2.75, 3.05) is 12.0 Å². The number of halogens is 1. The lowest BCUT2D eigenvalue weighted by molar-refractivity contribution is 0.0601. The third-order valence-electron chi connectivity index (χ3n) is 5.69. The van der Waals surface area contributed by atoms with Crippen LogP contribution in [0.4, 0.5) is 5.69 Å². The van der Waals surface area contributed by atoms with E-state index in [-0.39, 0.29) is 12.1 Å². The van der Waals surface area contributed by atoms with Gasteiger partial charge >= 0.3 is 5.97 Å². The minimum absolute atomic E-state index is 0.210. The predicted octanol–water partition coefficient (Wildman–Crippen LogP) is 6.07. The normalized spacial score (nSPS) is 17.5. The Hall–Kier alpha value is -3.49. The number of aromatic nitrogens is 1. The molecular weight excluding hydrogens is 514 g/mol. The number of methoxy groups -OCH3 is 1. The number of nitrogens with one attached hydrogen (secondary N) is 1. The zero-order valence-electron chi connectivity index (χ0n) is 18.1. The molecule has 3 heterocycles. The van der Waals surface area contributed by atoms with E-state index in [1.807, 2.05) is 60.7 Å². The summed E-state index contributed by atoms with van der Waals surface area (Å²) in [5.74, 6) is 0.981. The molecule has 0 spiro atoms. The SMILES string of the molecule is COC(=O)c1cccc(-c2ccc([C@H]3[C@H](c4ccccn4)NC(=S)N3c3ccc(Br)cc3)o2)c1. The summed E-state index contributed by atoms with van der Waals surface area (Å²) < 4.78 is 12.2. The van der Waals surface area contributed by atoms with Gasteiger partial charge in [-0.1, -0.05) is 34.1 Å². The van der Waals surface area contributed by atoms with Crippen LogP contribution in [0.15, 0.2) is 93.9 Å². The highest BCUT2D eigenvalue weighted by Gasteiger charge is 2.42. The molecule has 2 aromatic carbocycles. The van der Waals surface area contributed by atoms with E-state index in [0.717, 1.165) is 27.2 Å². The highest BCUT2D eigenvalue weighted by molar-refractivity contribution is 9.10. The van der Waals surface area contributed by atoms with Crippen LogP contribution in [0, 0.1) is 0 Å². The number of nitrogens with zero attached hydrogens (tertiary/aromatic N) is 2. The number of furan rings is 1. The van der Waals surface area contributed by atoms with Gasteiger partial charge in [-0.3, -0.25) is 4.98 Å². The second kappa shape index (κ2) is 9.40. The molecule has 170 valence electrons. The maximum Gasteiger partial charge on any atom is 0.337 e. The molecule has 1 fully saturated rings. The van der Waals surface area contributed by atoms with Gasteiger partial charge in [0.25, 0.3) is 0 Å². The lowest BCUT2D eigenvalue weighted by Gasteiger charge is -2.26. The van der Waals surface area contributed by atoms with Crippen LogP contribution in [-0.4, -0.2) is 23.2 Å². The second-order valence-electron chi connectivity index (χ2n) is 7.75.